The van der Waals surface area contributed by atoms with E-state index in [2.05, 4.69) is 32.3 Å². The molecule has 1 aromatic carbocycles. The molecule has 3 rings (SSSR count). The summed E-state index contributed by atoms with van der Waals surface area (Å²) in [6.45, 7) is 8.01. The van der Waals surface area contributed by atoms with Gasteiger partial charge in [0.25, 0.3) is 5.56 Å². The summed E-state index contributed by atoms with van der Waals surface area (Å²) < 4.78 is 1.24. The maximum absolute atomic E-state index is 12.1. The number of anilines is 2. The van der Waals surface area contributed by atoms with E-state index in [0.29, 0.717) is 12.5 Å². The van der Waals surface area contributed by atoms with Crippen molar-refractivity contribution in [2.24, 2.45) is 5.92 Å². The summed E-state index contributed by atoms with van der Waals surface area (Å²) in [4.78, 5) is 28.6. The molecule has 1 aliphatic heterocycles. The zero-order chi connectivity index (χ0) is 19.2. The van der Waals surface area contributed by atoms with Gasteiger partial charge in [-0.25, -0.2) is 4.68 Å². The maximum atomic E-state index is 12.1. The first-order valence-corrected chi connectivity index (χ1v) is 9.43. The molecule has 1 aromatic heterocycles. The van der Waals surface area contributed by atoms with E-state index in [1.807, 2.05) is 32.0 Å². The standard InChI is InChI=1S/C20H27N5O2/c1-16(2)14-21-19(26)15-25-20(27)9-8-18(22-25)24-12-10-23(11-13-24)17-6-4-3-5-7-17/h3-9,16H,10-15H2,1-2H3,(H,21,26). The molecule has 7 heteroatoms. The number of para-hydroxylation sites is 1. The molecule has 0 saturated carbocycles. The predicted molar refractivity (Wildman–Crippen MR) is 107 cm³/mol. The van der Waals surface area contributed by atoms with Crippen molar-refractivity contribution in [2.75, 3.05) is 42.5 Å². The Morgan fingerprint density at radius 2 is 1.70 bits per heavy atom. The molecule has 1 amide bonds. The lowest BCUT2D eigenvalue weighted by molar-refractivity contribution is -0.122. The van der Waals surface area contributed by atoms with Gasteiger partial charge in [0.05, 0.1) is 0 Å². The van der Waals surface area contributed by atoms with Gasteiger partial charge in [0.2, 0.25) is 5.91 Å². The van der Waals surface area contributed by atoms with Crippen molar-refractivity contribution in [3.05, 3.63) is 52.8 Å². The first-order valence-electron chi connectivity index (χ1n) is 9.43. The zero-order valence-electron chi connectivity index (χ0n) is 16.0. The third kappa shape index (κ3) is 5.09. The molecule has 0 unspecified atom stereocenters. The lowest BCUT2D eigenvalue weighted by Crippen LogP contribution is -2.47. The first kappa shape index (κ1) is 18.9. The van der Waals surface area contributed by atoms with Crippen LogP contribution in [0.3, 0.4) is 0 Å². The van der Waals surface area contributed by atoms with Crippen LogP contribution in [0.4, 0.5) is 11.5 Å². The lowest BCUT2D eigenvalue weighted by atomic mass is 10.2. The van der Waals surface area contributed by atoms with Crippen LogP contribution in [-0.2, 0) is 11.3 Å². The van der Waals surface area contributed by atoms with Gasteiger partial charge < -0.3 is 15.1 Å². The number of aromatic nitrogens is 2. The number of hydrogen-bond acceptors (Lipinski definition) is 5. The second-order valence-corrected chi connectivity index (χ2v) is 7.19. The highest BCUT2D eigenvalue weighted by Gasteiger charge is 2.19. The van der Waals surface area contributed by atoms with Crippen LogP contribution < -0.4 is 20.7 Å². The fourth-order valence-electron chi connectivity index (χ4n) is 3.06. The van der Waals surface area contributed by atoms with Crippen LogP contribution >= 0.6 is 0 Å². The topological polar surface area (TPSA) is 70.5 Å². The van der Waals surface area contributed by atoms with Gasteiger partial charge in [-0.15, -0.1) is 0 Å². The van der Waals surface area contributed by atoms with Gasteiger partial charge in [-0.3, -0.25) is 9.59 Å². The fourth-order valence-corrected chi connectivity index (χ4v) is 3.06. The number of nitrogens with zero attached hydrogens (tertiary/aromatic N) is 4. The minimum absolute atomic E-state index is 0.0522. The summed E-state index contributed by atoms with van der Waals surface area (Å²) in [5, 5.41) is 7.23. The van der Waals surface area contributed by atoms with Crippen molar-refractivity contribution >= 4 is 17.4 Å². The van der Waals surface area contributed by atoms with Gasteiger partial charge in [0.15, 0.2) is 0 Å². The third-order valence-electron chi connectivity index (χ3n) is 4.58. The summed E-state index contributed by atoms with van der Waals surface area (Å²) >= 11 is 0. The number of piperazine rings is 1. The Bertz CT molecular complexity index is 811. The van der Waals surface area contributed by atoms with E-state index in [9.17, 15) is 9.59 Å². The van der Waals surface area contributed by atoms with Gasteiger partial charge in [-0.2, -0.15) is 5.10 Å². The first-order chi connectivity index (χ1) is 13.0. The molecular formula is C20H27N5O2. The van der Waals surface area contributed by atoms with E-state index < -0.39 is 0 Å². The monoisotopic (exact) mass is 369 g/mol. The molecule has 7 nitrogen and oxygen atoms in total. The normalized spacial score (nSPS) is 14.5. The minimum Gasteiger partial charge on any atom is -0.368 e. The molecule has 1 aliphatic rings. The second-order valence-electron chi connectivity index (χ2n) is 7.19. The van der Waals surface area contributed by atoms with E-state index in [0.717, 1.165) is 32.0 Å². The molecule has 0 bridgehead atoms. The molecule has 2 aromatic rings. The summed E-state index contributed by atoms with van der Waals surface area (Å²) in [6.07, 6.45) is 0. The minimum atomic E-state index is -0.263. The average Bonchev–Trinajstić information content (AvgIpc) is 2.69. The van der Waals surface area contributed by atoms with Gasteiger partial charge in [0, 0.05) is 44.5 Å². The molecule has 0 aliphatic carbocycles. The molecule has 1 fully saturated rings. The molecule has 144 valence electrons. The number of carbonyl (C=O) groups excluding carboxylic acids is 1. The van der Waals surface area contributed by atoms with Crippen LogP contribution in [0.15, 0.2) is 47.3 Å². The maximum Gasteiger partial charge on any atom is 0.267 e. The van der Waals surface area contributed by atoms with Gasteiger partial charge >= 0.3 is 0 Å². The third-order valence-corrected chi connectivity index (χ3v) is 4.58. The van der Waals surface area contributed by atoms with E-state index in [-0.39, 0.29) is 18.0 Å². The van der Waals surface area contributed by atoms with E-state index in [1.165, 1.54) is 16.4 Å². The SMILES string of the molecule is CC(C)CNC(=O)Cn1nc(N2CCN(c3ccccc3)CC2)ccc1=O. The highest BCUT2D eigenvalue weighted by atomic mass is 16.2. The molecule has 1 N–H and O–H groups in total. The molecule has 27 heavy (non-hydrogen) atoms. The van der Waals surface area contributed by atoms with Crippen LogP contribution in [0.2, 0.25) is 0 Å². The molecule has 1 saturated heterocycles. The van der Waals surface area contributed by atoms with Crippen LogP contribution in [-0.4, -0.2) is 48.4 Å². The van der Waals surface area contributed by atoms with Crippen molar-refractivity contribution in [1.29, 1.82) is 0 Å². The van der Waals surface area contributed by atoms with Crippen molar-refractivity contribution in [3.8, 4) is 0 Å². The number of rotatable bonds is 6. The summed E-state index contributed by atoms with van der Waals surface area (Å²) in [7, 11) is 0. The van der Waals surface area contributed by atoms with E-state index >= 15 is 0 Å². The van der Waals surface area contributed by atoms with Crippen molar-refractivity contribution in [2.45, 2.75) is 20.4 Å². The number of hydrogen-bond donors (Lipinski definition) is 1. The van der Waals surface area contributed by atoms with Crippen LogP contribution in [0.5, 0.6) is 0 Å². The fraction of sp³-hybridized carbons (Fsp3) is 0.450. The van der Waals surface area contributed by atoms with Gasteiger partial charge in [0.1, 0.15) is 12.4 Å². The van der Waals surface area contributed by atoms with Crippen LogP contribution in [0, 0.1) is 5.92 Å². The van der Waals surface area contributed by atoms with Gasteiger partial charge in [-0.05, 0) is 24.1 Å². The lowest BCUT2D eigenvalue weighted by Gasteiger charge is -2.36. The average molecular weight is 369 g/mol. The quantitative estimate of drug-likeness (QED) is 0.832. The van der Waals surface area contributed by atoms with E-state index in [4.69, 9.17) is 0 Å². The number of nitrogens with one attached hydrogen (secondary N) is 1. The molecule has 2 heterocycles. The molecule has 0 spiro atoms. The Morgan fingerprint density at radius 3 is 2.37 bits per heavy atom. The molecule has 0 radical (unpaired) electrons. The summed E-state index contributed by atoms with van der Waals surface area (Å²) in [6, 6.07) is 13.6. The number of amides is 1. The Balaban J connectivity index is 1.62. The number of benzene rings is 1. The second kappa shape index (κ2) is 8.70. The van der Waals surface area contributed by atoms with Gasteiger partial charge in [-0.1, -0.05) is 32.0 Å². The predicted octanol–water partition coefficient (Wildman–Crippen LogP) is 1.34. The summed E-state index contributed by atoms with van der Waals surface area (Å²) in [5.41, 5.74) is 0.957. The molecule has 0 atom stereocenters. The summed E-state index contributed by atoms with van der Waals surface area (Å²) in [5.74, 6) is 0.911. The zero-order valence-corrected chi connectivity index (χ0v) is 16.0. The van der Waals surface area contributed by atoms with E-state index in [1.54, 1.807) is 6.07 Å². The van der Waals surface area contributed by atoms with Crippen molar-refractivity contribution in [1.82, 2.24) is 15.1 Å². The van der Waals surface area contributed by atoms with Crippen molar-refractivity contribution < 1.29 is 4.79 Å². The largest absolute Gasteiger partial charge is 0.368 e. The highest BCUT2D eigenvalue weighted by Crippen LogP contribution is 2.18. The molecular weight excluding hydrogens is 342 g/mol. The number of carbonyl (C=O) groups is 1. The Kier molecular flexibility index (Phi) is 6.11. The Labute approximate surface area is 159 Å². The van der Waals surface area contributed by atoms with Crippen LogP contribution in [0.25, 0.3) is 0 Å². The Morgan fingerprint density at radius 1 is 1.04 bits per heavy atom. The Hall–Kier alpha value is -2.83. The smallest absolute Gasteiger partial charge is 0.267 e. The van der Waals surface area contributed by atoms with Crippen LogP contribution in [0.1, 0.15) is 13.8 Å². The highest BCUT2D eigenvalue weighted by molar-refractivity contribution is 5.75. The van der Waals surface area contributed by atoms with Crippen molar-refractivity contribution in [3.63, 3.8) is 0 Å².